The van der Waals surface area contributed by atoms with Crippen LogP contribution in [0.2, 0.25) is 0 Å². The molecule has 132 valence electrons. The molecule has 0 radical (unpaired) electrons. The highest BCUT2D eigenvalue weighted by atomic mass is 32.2. The van der Waals surface area contributed by atoms with Crippen LogP contribution in [0.5, 0.6) is 0 Å². The summed E-state index contributed by atoms with van der Waals surface area (Å²) in [5, 5.41) is 6.48. The van der Waals surface area contributed by atoms with Gasteiger partial charge in [0.15, 0.2) is 5.11 Å². The fraction of sp³-hybridized carbons (Fsp3) is 0. The van der Waals surface area contributed by atoms with Crippen LogP contribution in [0.4, 0.5) is 17.2 Å². The molecule has 1 heterocycles. The molecule has 3 N–H and O–H groups in total. The van der Waals surface area contributed by atoms with Gasteiger partial charge in [-0.15, -0.1) is 0 Å². The molecule has 6 nitrogen and oxygen atoms in total. The van der Waals surface area contributed by atoms with Gasteiger partial charge in [-0.05, 0) is 60.7 Å². The Labute approximate surface area is 157 Å². The number of benzene rings is 2. The molecule has 2 aromatic carbocycles. The number of para-hydroxylation sites is 1. The summed E-state index contributed by atoms with van der Waals surface area (Å²) >= 11 is 5.25. The summed E-state index contributed by atoms with van der Waals surface area (Å²) < 4.78 is 27.2. The molecule has 0 bridgehead atoms. The molecule has 3 rings (SSSR count). The van der Waals surface area contributed by atoms with Crippen LogP contribution >= 0.6 is 12.2 Å². The molecule has 26 heavy (non-hydrogen) atoms. The maximum absolute atomic E-state index is 12.4. The molecule has 0 aliphatic rings. The van der Waals surface area contributed by atoms with Gasteiger partial charge in [0.25, 0.3) is 10.0 Å². The van der Waals surface area contributed by atoms with E-state index in [0.717, 1.165) is 5.69 Å². The Bertz CT molecular complexity index is 977. The third kappa shape index (κ3) is 4.78. The lowest BCUT2D eigenvalue weighted by Gasteiger charge is -2.11. The van der Waals surface area contributed by atoms with E-state index in [2.05, 4.69) is 20.3 Å². The molecule has 0 amide bonds. The van der Waals surface area contributed by atoms with Gasteiger partial charge in [-0.25, -0.2) is 13.4 Å². The lowest BCUT2D eigenvalue weighted by atomic mass is 10.3. The zero-order valence-electron chi connectivity index (χ0n) is 13.6. The number of sulfonamides is 1. The molecule has 0 saturated heterocycles. The number of anilines is 3. The van der Waals surface area contributed by atoms with Crippen LogP contribution in [-0.4, -0.2) is 18.5 Å². The van der Waals surface area contributed by atoms with Crippen LogP contribution in [-0.2, 0) is 10.0 Å². The van der Waals surface area contributed by atoms with E-state index in [1.54, 1.807) is 30.3 Å². The maximum atomic E-state index is 12.4. The van der Waals surface area contributed by atoms with E-state index in [1.165, 1.54) is 18.3 Å². The molecule has 0 atom stereocenters. The van der Waals surface area contributed by atoms with Crippen LogP contribution in [0.1, 0.15) is 0 Å². The standard InChI is InChI=1S/C18H16N4O2S2/c23-26(24,22-17-8-4-5-13-19-17)16-11-9-15(10-12-16)21-18(25)20-14-6-2-1-3-7-14/h1-13H,(H,19,22)(H2,20,21,25). The summed E-state index contributed by atoms with van der Waals surface area (Å²) in [5.41, 5.74) is 1.54. The number of nitrogens with one attached hydrogen (secondary N) is 3. The molecule has 8 heteroatoms. The van der Waals surface area contributed by atoms with Crippen LogP contribution in [0.25, 0.3) is 0 Å². The van der Waals surface area contributed by atoms with Crippen LogP contribution in [0.3, 0.4) is 0 Å². The SMILES string of the molecule is O=S(=O)(Nc1ccccn1)c1ccc(NC(=S)Nc2ccccc2)cc1. The molecule has 0 fully saturated rings. The van der Waals surface area contributed by atoms with Crippen LogP contribution in [0, 0.1) is 0 Å². The van der Waals surface area contributed by atoms with Crippen molar-refractivity contribution in [2.45, 2.75) is 4.90 Å². The smallest absolute Gasteiger partial charge is 0.263 e. The largest absolute Gasteiger partial charge is 0.332 e. The van der Waals surface area contributed by atoms with E-state index in [1.807, 2.05) is 30.3 Å². The number of thiocarbonyl (C=S) groups is 1. The summed E-state index contributed by atoms with van der Waals surface area (Å²) in [4.78, 5) is 4.09. The van der Waals surface area contributed by atoms with E-state index in [4.69, 9.17) is 12.2 Å². The average Bonchev–Trinajstić information content (AvgIpc) is 2.63. The van der Waals surface area contributed by atoms with Gasteiger partial charge in [0.2, 0.25) is 0 Å². The van der Waals surface area contributed by atoms with E-state index >= 15 is 0 Å². The first kappa shape index (κ1) is 17.8. The molecule has 0 aliphatic carbocycles. The molecule has 0 saturated carbocycles. The van der Waals surface area contributed by atoms with E-state index in [0.29, 0.717) is 10.8 Å². The second kappa shape index (κ2) is 7.94. The Morgan fingerprint density at radius 2 is 1.42 bits per heavy atom. The lowest BCUT2D eigenvalue weighted by Crippen LogP contribution is -2.19. The van der Waals surface area contributed by atoms with Crippen molar-refractivity contribution < 1.29 is 8.42 Å². The van der Waals surface area contributed by atoms with Crippen LogP contribution < -0.4 is 15.4 Å². The molecule has 0 aliphatic heterocycles. The summed E-state index contributed by atoms with van der Waals surface area (Å²) in [6, 6.07) is 20.8. The highest BCUT2D eigenvalue weighted by Gasteiger charge is 2.14. The highest BCUT2D eigenvalue weighted by molar-refractivity contribution is 7.92. The fourth-order valence-electron chi connectivity index (χ4n) is 2.15. The third-order valence-corrected chi connectivity index (χ3v) is 4.93. The Morgan fingerprint density at radius 1 is 0.808 bits per heavy atom. The van der Waals surface area contributed by atoms with Gasteiger partial charge in [-0.2, -0.15) is 0 Å². The number of pyridine rings is 1. The van der Waals surface area contributed by atoms with Gasteiger partial charge < -0.3 is 10.6 Å². The van der Waals surface area contributed by atoms with Crippen molar-refractivity contribution in [1.29, 1.82) is 0 Å². The lowest BCUT2D eigenvalue weighted by molar-refractivity contribution is 0.601. The van der Waals surface area contributed by atoms with Crippen molar-refractivity contribution in [3.63, 3.8) is 0 Å². The molecule has 0 spiro atoms. The van der Waals surface area contributed by atoms with Gasteiger partial charge in [0.05, 0.1) is 4.90 Å². The van der Waals surface area contributed by atoms with Crippen molar-refractivity contribution >= 4 is 44.5 Å². The number of hydrogen-bond acceptors (Lipinski definition) is 4. The minimum absolute atomic E-state index is 0.135. The van der Waals surface area contributed by atoms with Crippen LogP contribution in [0.15, 0.2) is 83.9 Å². The topological polar surface area (TPSA) is 83.1 Å². The number of hydrogen-bond donors (Lipinski definition) is 3. The van der Waals surface area contributed by atoms with Crippen molar-refractivity contribution in [2.24, 2.45) is 0 Å². The first-order chi connectivity index (χ1) is 12.5. The average molecular weight is 384 g/mol. The van der Waals surface area contributed by atoms with E-state index in [-0.39, 0.29) is 10.7 Å². The second-order valence-corrected chi connectivity index (χ2v) is 7.38. The monoisotopic (exact) mass is 384 g/mol. The predicted octanol–water partition coefficient (Wildman–Crippen LogP) is 3.69. The molecular formula is C18H16N4O2S2. The summed E-state index contributed by atoms with van der Waals surface area (Å²) in [6.45, 7) is 0. The Balaban J connectivity index is 1.65. The first-order valence-electron chi connectivity index (χ1n) is 7.70. The fourth-order valence-corrected chi connectivity index (χ4v) is 3.40. The molecule has 3 aromatic rings. The third-order valence-electron chi connectivity index (χ3n) is 3.36. The molecular weight excluding hydrogens is 368 g/mol. The molecule has 1 aromatic heterocycles. The number of aromatic nitrogens is 1. The van der Waals surface area contributed by atoms with Crippen molar-refractivity contribution in [1.82, 2.24) is 4.98 Å². The maximum Gasteiger partial charge on any atom is 0.263 e. The zero-order valence-corrected chi connectivity index (χ0v) is 15.2. The van der Waals surface area contributed by atoms with Crippen molar-refractivity contribution in [3.05, 3.63) is 79.0 Å². The zero-order chi connectivity index (χ0) is 18.4. The predicted molar refractivity (Wildman–Crippen MR) is 108 cm³/mol. The summed E-state index contributed by atoms with van der Waals surface area (Å²) in [6.07, 6.45) is 1.52. The van der Waals surface area contributed by atoms with Gasteiger partial charge in [0, 0.05) is 17.6 Å². The molecule has 0 unspecified atom stereocenters. The van der Waals surface area contributed by atoms with E-state index in [9.17, 15) is 8.42 Å². The normalized spacial score (nSPS) is 10.8. The Hall–Kier alpha value is -2.97. The Kier molecular flexibility index (Phi) is 5.45. The van der Waals surface area contributed by atoms with Gasteiger partial charge in [-0.1, -0.05) is 24.3 Å². The first-order valence-corrected chi connectivity index (χ1v) is 9.59. The minimum atomic E-state index is -3.70. The summed E-state index contributed by atoms with van der Waals surface area (Å²) in [7, 11) is -3.70. The van der Waals surface area contributed by atoms with Gasteiger partial charge >= 0.3 is 0 Å². The number of nitrogens with zero attached hydrogens (tertiary/aromatic N) is 1. The highest BCUT2D eigenvalue weighted by Crippen LogP contribution is 2.17. The van der Waals surface area contributed by atoms with E-state index < -0.39 is 10.0 Å². The Morgan fingerprint density at radius 3 is 2.04 bits per heavy atom. The minimum Gasteiger partial charge on any atom is -0.332 e. The van der Waals surface area contributed by atoms with Gasteiger partial charge in [0.1, 0.15) is 5.82 Å². The van der Waals surface area contributed by atoms with Gasteiger partial charge in [-0.3, -0.25) is 4.72 Å². The number of rotatable bonds is 5. The second-order valence-electron chi connectivity index (χ2n) is 5.29. The van der Waals surface area contributed by atoms with Crippen molar-refractivity contribution in [2.75, 3.05) is 15.4 Å². The summed E-state index contributed by atoms with van der Waals surface area (Å²) in [5.74, 6) is 0.267. The van der Waals surface area contributed by atoms with Crippen molar-refractivity contribution in [3.8, 4) is 0 Å². The quantitative estimate of drug-likeness (QED) is 0.582.